The van der Waals surface area contributed by atoms with E-state index in [1.54, 1.807) is 18.4 Å². The zero-order chi connectivity index (χ0) is 18.8. The van der Waals surface area contributed by atoms with Crippen molar-refractivity contribution in [2.45, 2.75) is 33.7 Å². The van der Waals surface area contributed by atoms with Crippen LogP contribution in [0.25, 0.3) is 0 Å². The Bertz CT molecular complexity index is 715. The van der Waals surface area contributed by atoms with E-state index in [1.807, 2.05) is 31.3 Å². The average molecular weight is 377 g/mol. The lowest BCUT2D eigenvalue weighted by Gasteiger charge is -2.12. The lowest BCUT2D eigenvalue weighted by Crippen LogP contribution is -2.38. The molecule has 0 saturated heterocycles. The highest BCUT2D eigenvalue weighted by molar-refractivity contribution is 7.11. The summed E-state index contributed by atoms with van der Waals surface area (Å²) in [6.07, 6.45) is 2.80. The molecule has 1 heterocycles. The van der Waals surface area contributed by atoms with E-state index < -0.39 is 0 Å². The summed E-state index contributed by atoms with van der Waals surface area (Å²) in [4.78, 5) is 10.3. The first-order chi connectivity index (χ1) is 12.7. The van der Waals surface area contributed by atoms with Gasteiger partial charge in [0.05, 0.1) is 25.3 Å². The van der Waals surface area contributed by atoms with Gasteiger partial charge in [0, 0.05) is 30.6 Å². The summed E-state index contributed by atoms with van der Waals surface area (Å²) in [6.45, 7) is 8.87. The molecule has 0 radical (unpaired) electrons. The van der Waals surface area contributed by atoms with Gasteiger partial charge < -0.3 is 20.1 Å². The van der Waals surface area contributed by atoms with E-state index in [0.29, 0.717) is 13.2 Å². The topological polar surface area (TPSA) is 67.8 Å². The number of guanidine groups is 1. The van der Waals surface area contributed by atoms with Gasteiger partial charge >= 0.3 is 0 Å². The molecule has 2 aromatic rings. The van der Waals surface area contributed by atoms with E-state index >= 15 is 0 Å². The predicted octanol–water partition coefficient (Wildman–Crippen LogP) is 3.16. The first-order valence-electron chi connectivity index (χ1n) is 8.89. The summed E-state index contributed by atoms with van der Waals surface area (Å²) < 4.78 is 11.0. The summed E-state index contributed by atoms with van der Waals surface area (Å²) in [5, 5.41) is 7.77. The van der Waals surface area contributed by atoms with Crippen LogP contribution in [0.3, 0.4) is 0 Å². The van der Waals surface area contributed by atoms with Crippen LogP contribution in [0.1, 0.15) is 29.3 Å². The molecule has 0 bridgehead atoms. The molecular formula is C19H28N4O2S. The van der Waals surface area contributed by atoms with E-state index in [4.69, 9.17) is 9.47 Å². The molecule has 0 unspecified atom stereocenters. The van der Waals surface area contributed by atoms with Crippen LogP contribution in [-0.4, -0.2) is 37.7 Å². The Morgan fingerprint density at radius 2 is 2.08 bits per heavy atom. The Labute approximate surface area is 159 Å². The number of aliphatic imine (C=N–C) groups is 1. The Balaban J connectivity index is 1.95. The number of thiazole rings is 1. The van der Waals surface area contributed by atoms with Gasteiger partial charge in [-0.2, -0.15) is 0 Å². The summed E-state index contributed by atoms with van der Waals surface area (Å²) in [6, 6.07) is 5.90. The van der Waals surface area contributed by atoms with E-state index in [9.17, 15) is 0 Å². The second-order valence-corrected chi connectivity index (χ2v) is 6.97. The normalized spacial score (nSPS) is 11.3. The molecule has 0 fully saturated rings. The Morgan fingerprint density at radius 3 is 2.73 bits per heavy atom. The maximum Gasteiger partial charge on any atom is 0.191 e. The Hall–Kier alpha value is -2.28. The van der Waals surface area contributed by atoms with Crippen LogP contribution in [0.2, 0.25) is 0 Å². The fraction of sp³-hybridized carbons (Fsp3) is 0.474. The second kappa shape index (κ2) is 10.7. The molecule has 0 aliphatic heterocycles. The molecule has 142 valence electrons. The van der Waals surface area contributed by atoms with Crippen molar-refractivity contribution >= 4 is 17.3 Å². The molecule has 0 aliphatic carbocycles. The summed E-state index contributed by atoms with van der Waals surface area (Å²) >= 11 is 1.74. The van der Waals surface area contributed by atoms with Crippen molar-refractivity contribution in [3.63, 3.8) is 0 Å². The predicted molar refractivity (Wildman–Crippen MR) is 108 cm³/mol. The average Bonchev–Trinajstić information content (AvgIpc) is 3.05. The fourth-order valence-corrected chi connectivity index (χ4v) is 3.19. The van der Waals surface area contributed by atoms with E-state index in [1.165, 1.54) is 4.88 Å². The molecule has 1 aromatic heterocycles. The number of methoxy groups -OCH3 is 1. The molecule has 0 saturated carbocycles. The van der Waals surface area contributed by atoms with Crippen molar-refractivity contribution in [3.8, 4) is 11.5 Å². The maximum atomic E-state index is 5.63. The highest BCUT2D eigenvalue weighted by Crippen LogP contribution is 2.28. The summed E-state index contributed by atoms with van der Waals surface area (Å²) in [7, 11) is 1.65. The van der Waals surface area contributed by atoms with Crippen LogP contribution in [-0.2, 0) is 13.0 Å². The summed E-state index contributed by atoms with van der Waals surface area (Å²) in [5.74, 6) is 2.29. The van der Waals surface area contributed by atoms with Crippen molar-refractivity contribution < 1.29 is 9.47 Å². The fourth-order valence-electron chi connectivity index (χ4n) is 2.40. The zero-order valence-corrected chi connectivity index (χ0v) is 16.8. The molecule has 0 atom stereocenters. The lowest BCUT2D eigenvalue weighted by atomic mass is 10.2. The highest BCUT2D eigenvalue weighted by Gasteiger charge is 2.06. The molecule has 0 aliphatic rings. The zero-order valence-electron chi connectivity index (χ0n) is 16.0. The van der Waals surface area contributed by atoms with E-state index in [-0.39, 0.29) is 0 Å². The number of nitrogens with one attached hydrogen (secondary N) is 2. The molecule has 0 spiro atoms. The Kier molecular flexibility index (Phi) is 8.21. The second-order valence-electron chi connectivity index (χ2n) is 5.65. The molecule has 2 N–H and O–H groups in total. The van der Waals surface area contributed by atoms with Gasteiger partial charge in [0.1, 0.15) is 0 Å². The van der Waals surface area contributed by atoms with E-state index in [2.05, 4.69) is 34.5 Å². The van der Waals surface area contributed by atoms with Crippen molar-refractivity contribution in [1.82, 2.24) is 15.6 Å². The van der Waals surface area contributed by atoms with Gasteiger partial charge in [-0.05, 0) is 38.5 Å². The Morgan fingerprint density at radius 1 is 1.23 bits per heavy atom. The van der Waals surface area contributed by atoms with Gasteiger partial charge in [0.25, 0.3) is 0 Å². The number of hydrogen-bond acceptors (Lipinski definition) is 5. The largest absolute Gasteiger partial charge is 0.493 e. The maximum absolute atomic E-state index is 5.63. The van der Waals surface area contributed by atoms with Crippen LogP contribution >= 0.6 is 11.3 Å². The van der Waals surface area contributed by atoms with Crippen LogP contribution in [0, 0.1) is 6.92 Å². The van der Waals surface area contributed by atoms with Crippen molar-refractivity contribution in [3.05, 3.63) is 39.8 Å². The molecule has 26 heavy (non-hydrogen) atoms. The number of ether oxygens (including phenoxy) is 2. The number of benzene rings is 1. The van der Waals surface area contributed by atoms with Crippen LogP contribution < -0.4 is 20.1 Å². The molecule has 1 aromatic carbocycles. The first kappa shape index (κ1) is 20.0. The van der Waals surface area contributed by atoms with Gasteiger partial charge in [-0.25, -0.2) is 9.98 Å². The van der Waals surface area contributed by atoms with Gasteiger partial charge in [-0.3, -0.25) is 0 Å². The minimum Gasteiger partial charge on any atom is -0.493 e. The standard InChI is InChI=1S/C19H28N4O2S/c1-5-20-19(21-10-9-18-22-12-14(3)26-18)23-13-15-7-8-16(24-4)17(11-15)25-6-2/h7-8,11-12H,5-6,9-10,13H2,1-4H3,(H2,20,21,23). The third-order valence-corrected chi connectivity index (χ3v) is 4.56. The summed E-state index contributed by atoms with van der Waals surface area (Å²) in [5.41, 5.74) is 1.07. The lowest BCUT2D eigenvalue weighted by molar-refractivity contribution is 0.310. The van der Waals surface area contributed by atoms with Gasteiger partial charge in [0.15, 0.2) is 17.5 Å². The molecule has 7 heteroatoms. The van der Waals surface area contributed by atoms with Crippen molar-refractivity contribution in [1.29, 1.82) is 0 Å². The number of hydrogen-bond donors (Lipinski definition) is 2. The quantitative estimate of drug-likeness (QED) is 0.520. The number of rotatable bonds is 9. The van der Waals surface area contributed by atoms with Gasteiger partial charge in [0.2, 0.25) is 0 Å². The first-order valence-corrected chi connectivity index (χ1v) is 9.71. The third kappa shape index (κ3) is 6.22. The monoisotopic (exact) mass is 376 g/mol. The van der Waals surface area contributed by atoms with Crippen LogP contribution in [0.5, 0.6) is 11.5 Å². The SMILES string of the molecule is CCNC(=NCc1ccc(OC)c(OCC)c1)NCCc1ncc(C)s1. The van der Waals surface area contributed by atoms with Crippen LogP contribution in [0.15, 0.2) is 29.4 Å². The molecule has 2 rings (SSSR count). The van der Waals surface area contributed by atoms with Crippen molar-refractivity contribution in [2.24, 2.45) is 4.99 Å². The molecular weight excluding hydrogens is 348 g/mol. The van der Waals surface area contributed by atoms with Crippen LogP contribution in [0.4, 0.5) is 0 Å². The minimum absolute atomic E-state index is 0.565. The molecule has 0 amide bonds. The van der Waals surface area contributed by atoms with Gasteiger partial charge in [-0.15, -0.1) is 11.3 Å². The van der Waals surface area contributed by atoms with Gasteiger partial charge in [-0.1, -0.05) is 6.07 Å². The number of aromatic nitrogens is 1. The van der Waals surface area contributed by atoms with E-state index in [0.717, 1.165) is 47.5 Å². The third-order valence-electron chi connectivity index (χ3n) is 3.59. The smallest absolute Gasteiger partial charge is 0.191 e. The highest BCUT2D eigenvalue weighted by atomic mass is 32.1. The van der Waals surface area contributed by atoms with Crippen molar-refractivity contribution in [2.75, 3.05) is 26.8 Å². The molecule has 6 nitrogen and oxygen atoms in total. The number of aryl methyl sites for hydroxylation is 1. The number of nitrogens with zero attached hydrogens (tertiary/aromatic N) is 2. The minimum atomic E-state index is 0.565.